The molecule has 8 heteroatoms. The Bertz CT molecular complexity index is 921. The summed E-state index contributed by atoms with van der Waals surface area (Å²) in [5.74, 6) is -0.448. The molecule has 0 bridgehead atoms. The summed E-state index contributed by atoms with van der Waals surface area (Å²) in [5.41, 5.74) is 5.69. The maximum absolute atomic E-state index is 12.7. The zero-order valence-corrected chi connectivity index (χ0v) is 14.0. The summed E-state index contributed by atoms with van der Waals surface area (Å²) in [6.45, 7) is 3.62. The molecule has 0 fully saturated rings. The average Bonchev–Trinajstić information content (AvgIpc) is 3.03. The smallest absolute Gasteiger partial charge is 0.332 e. The number of aromatic nitrogens is 3. The van der Waals surface area contributed by atoms with Crippen LogP contribution in [-0.2, 0) is 20.6 Å². The number of hydrogen-bond acceptors (Lipinski definition) is 5. The van der Waals surface area contributed by atoms with Gasteiger partial charge in [0.25, 0.3) is 5.56 Å². The van der Waals surface area contributed by atoms with Gasteiger partial charge in [-0.15, -0.1) is 0 Å². The lowest BCUT2D eigenvalue weighted by atomic mass is 10.1. The van der Waals surface area contributed by atoms with E-state index in [1.54, 1.807) is 0 Å². The first-order valence-corrected chi connectivity index (χ1v) is 7.80. The van der Waals surface area contributed by atoms with E-state index < -0.39 is 11.2 Å². The third kappa shape index (κ3) is 2.39. The maximum Gasteiger partial charge on any atom is 0.332 e. The topological polar surface area (TPSA) is 95.3 Å². The van der Waals surface area contributed by atoms with E-state index in [1.165, 1.54) is 14.1 Å². The fraction of sp³-hybridized carbons (Fsp3) is 0.438. The van der Waals surface area contributed by atoms with Crippen LogP contribution in [0.4, 0.5) is 5.82 Å². The quantitative estimate of drug-likeness (QED) is 0.781. The van der Waals surface area contributed by atoms with E-state index in [1.807, 2.05) is 30.2 Å². The molecule has 128 valence electrons. The number of nitrogens with zero attached hydrogens (tertiary/aromatic N) is 4. The van der Waals surface area contributed by atoms with Crippen molar-refractivity contribution in [2.45, 2.75) is 19.5 Å². The van der Waals surface area contributed by atoms with Crippen LogP contribution in [0.1, 0.15) is 29.0 Å². The van der Waals surface area contributed by atoms with Gasteiger partial charge in [0.2, 0.25) is 0 Å². The molecule has 2 aromatic rings. The van der Waals surface area contributed by atoms with Gasteiger partial charge in [0.15, 0.2) is 5.78 Å². The van der Waals surface area contributed by atoms with Gasteiger partial charge in [0.1, 0.15) is 11.4 Å². The van der Waals surface area contributed by atoms with Gasteiger partial charge in [0.05, 0.1) is 6.54 Å². The fourth-order valence-corrected chi connectivity index (χ4v) is 3.23. The molecule has 2 aromatic heterocycles. The number of nitrogen functional groups attached to an aromatic ring is 1. The van der Waals surface area contributed by atoms with Gasteiger partial charge in [-0.3, -0.25) is 23.6 Å². The highest BCUT2D eigenvalue weighted by Crippen LogP contribution is 2.25. The summed E-state index contributed by atoms with van der Waals surface area (Å²) in [4.78, 5) is 38.9. The minimum atomic E-state index is -0.645. The van der Waals surface area contributed by atoms with Gasteiger partial charge >= 0.3 is 5.69 Å². The number of nitrogens with two attached hydrogens (primary N) is 1. The fourth-order valence-electron chi connectivity index (χ4n) is 3.23. The van der Waals surface area contributed by atoms with Crippen molar-refractivity contribution in [2.24, 2.45) is 14.1 Å². The Hall–Kier alpha value is -2.61. The molecule has 0 aromatic carbocycles. The predicted molar refractivity (Wildman–Crippen MR) is 90.1 cm³/mol. The molecule has 1 aliphatic rings. The lowest BCUT2D eigenvalue weighted by molar-refractivity contribution is 0.0866. The first-order valence-electron chi connectivity index (χ1n) is 7.80. The van der Waals surface area contributed by atoms with Crippen molar-refractivity contribution < 1.29 is 4.79 Å². The first kappa shape index (κ1) is 16.3. The summed E-state index contributed by atoms with van der Waals surface area (Å²) < 4.78 is 4.19. The minimum absolute atomic E-state index is 0.0651. The second-order valence-electron chi connectivity index (χ2n) is 6.16. The lowest BCUT2D eigenvalue weighted by Gasteiger charge is -2.34. The molecule has 2 N–H and O–H groups in total. The van der Waals surface area contributed by atoms with E-state index in [0.29, 0.717) is 6.54 Å². The molecule has 1 aliphatic heterocycles. The number of carbonyl (C=O) groups excluding carboxylic acids is 1. The molecule has 0 radical (unpaired) electrons. The molecule has 0 amide bonds. The van der Waals surface area contributed by atoms with Gasteiger partial charge in [-0.2, -0.15) is 0 Å². The van der Waals surface area contributed by atoms with Crippen molar-refractivity contribution in [3.63, 3.8) is 0 Å². The van der Waals surface area contributed by atoms with Gasteiger partial charge in [-0.25, -0.2) is 4.79 Å². The highest BCUT2D eigenvalue weighted by molar-refractivity contribution is 6.01. The van der Waals surface area contributed by atoms with Crippen molar-refractivity contribution in [1.29, 1.82) is 0 Å². The summed E-state index contributed by atoms with van der Waals surface area (Å²) in [6, 6.07) is 4.08. The molecule has 1 unspecified atom stereocenters. The average molecular weight is 331 g/mol. The SMILES string of the molecule is CC1c2cccn2CCN1CC(=O)c1c(N)n(C)c(=O)n(C)c1=O. The van der Waals surface area contributed by atoms with Crippen molar-refractivity contribution in [2.75, 3.05) is 18.8 Å². The number of anilines is 1. The Morgan fingerprint density at radius 2 is 1.96 bits per heavy atom. The molecule has 0 saturated heterocycles. The summed E-state index contributed by atoms with van der Waals surface area (Å²) in [6.07, 6.45) is 2.02. The van der Waals surface area contributed by atoms with Crippen LogP contribution < -0.4 is 17.0 Å². The number of Topliss-reactive ketones (excluding diaryl/α,β-unsaturated/α-hetero) is 1. The normalized spacial score (nSPS) is 17.7. The number of hydrogen-bond donors (Lipinski definition) is 1. The number of ketones is 1. The molecule has 24 heavy (non-hydrogen) atoms. The second-order valence-corrected chi connectivity index (χ2v) is 6.16. The van der Waals surface area contributed by atoms with Gasteiger partial charge in [0, 0.05) is 45.1 Å². The van der Waals surface area contributed by atoms with E-state index in [2.05, 4.69) is 4.57 Å². The Labute approximate surface area is 138 Å². The van der Waals surface area contributed by atoms with Gasteiger partial charge in [-0.05, 0) is 19.1 Å². The molecular formula is C16H21N5O3. The summed E-state index contributed by atoms with van der Waals surface area (Å²) >= 11 is 0. The van der Waals surface area contributed by atoms with E-state index in [-0.39, 0.29) is 29.8 Å². The van der Waals surface area contributed by atoms with Crippen LogP contribution in [0.25, 0.3) is 0 Å². The highest BCUT2D eigenvalue weighted by Gasteiger charge is 2.28. The summed E-state index contributed by atoms with van der Waals surface area (Å²) in [7, 11) is 2.79. The van der Waals surface area contributed by atoms with E-state index in [4.69, 9.17) is 5.73 Å². The Morgan fingerprint density at radius 1 is 1.25 bits per heavy atom. The third-order valence-electron chi connectivity index (χ3n) is 4.80. The molecule has 0 saturated carbocycles. The number of fused-ring (bicyclic) bond motifs is 1. The van der Waals surface area contributed by atoms with Gasteiger partial charge in [-0.1, -0.05) is 0 Å². The maximum atomic E-state index is 12.7. The Balaban J connectivity index is 1.92. The zero-order valence-electron chi connectivity index (χ0n) is 14.0. The molecule has 3 heterocycles. The van der Waals surface area contributed by atoms with Crippen molar-refractivity contribution in [3.05, 3.63) is 50.4 Å². The zero-order chi connectivity index (χ0) is 17.6. The molecular weight excluding hydrogens is 310 g/mol. The molecule has 3 rings (SSSR count). The molecule has 1 atom stereocenters. The largest absolute Gasteiger partial charge is 0.384 e. The highest BCUT2D eigenvalue weighted by atomic mass is 16.2. The van der Waals surface area contributed by atoms with E-state index >= 15 is 0 Å². The Kier molecular flexibility index (Phi) is 3.92. The van der Waals surface area contributed by atoms with Crippen LogP contribution in [-0.4, -0.2) is 37.5 Å². The van der Waals surface area contributed by atoms with Crippen LogP contribution in [0.15, 0.2) is 27.9 Å². The van der Waals surface area contributed by atoms with Crippen LogP contribution >= 0.6 is 0 Å². The van der Waals surface area contributed by atoms with Crippen molar-refractivity contribution in [3.8, 4) is 0 Å². The molecule has 0 aliphatic carbocycles. The third-order valence-corrected chi connectivity index (χ3v) is 4.80. The van der Waals surface area contributed by atoms with Crippen LogP contribution in [0.5, 0.6) is 0 Å². The van der Waals surface area contributed by atoms with Crippen molar-refractivity contribution >= 4 is 11.6 Å². The second kappa shape index (κ2) is 5.79. The number of carbonyl (C=O) groups is 1. The number of rotatable bonds is 3. The van der Waals surface area contributed by atoms with E-state index in [0.717, 1.165) is 21.4 Å². The summed E-state index contributed by atoms with van der Waals surface area (Å²) in [5, 5.41) is 0. The Morgan fingerprint density at radius 3 is 2.67 bits per heavy atom. The van der Waals surface area contributed by atoms with Crippen LogP contribution in [0.2, 0.25) is 0 Å². The predicted octanol–water partition coefficient (Wildman–Crippen LogP) is -0.273. The van der Waals surface area contributed by atoms with Gasteiger partial charge < -0.3 is 10.3 Å². The first-order chi connectivity index (χ1) is 11.3. The molecule has 0 spiro atoms. The molecule has 8 nitrogen and oxygen atoms in total. The van der Waals surface area contributed by atoms with Crippen molar-refractivity contribution in [1.82, 2.24) is 18.6 Å². The lowest BCUT2D eigenvalue weighted by Crippen LogP contribution is -2.45. The monoisotopic (exact) mass is 331 g/mol. The van der Waals surface area contributed by atoms with Crippen LogP contribution in [0, 0.1) is 0 Å². The minimum Gasteiger partial charge on any atom is -0.384 e. The standard InChI is InChI=1S/C16H21N5O3/c1-10-11-5-4-6-20(11)7-8-21(10)9-12(22)13-14(17)18(2)16(24)19(3)15(13)23/h4-6,10H,7-9,17H2,1-3H3. The van der Waals surface area contributed by atoms with E-state index in [9.17, 15) is 14.4 Å². The van der Waals surface area contributed by atoms with Crippen LogP contribution in [0.3, 0.4) is 0 Å².